The van der Waals surface area contributed by atoms with Gasteiger partial charge in [0.1, 0.15) is 13.2 Å². The van der Waals surface area contributed by atoms with E-state index in [0.717, 1.165) is 103 Å². The number of ether oxygens (including phenoxy) is 3. The SMILES string of the molecule is CC/C=C\C/C=C\C/C=C\C/C=C\C/C=C\C/C=C\C/C=C\CCCCCCCCCCCCCC(=O)OCC(COC(=O)CCCCCCCCCCCCCC)OC(=O)CCCCCCCCCCC/C=C\CCCCCCCC. The molecule has 0 rings (SSSR count). The van der Waals surface area contributed by atoms with Gasteiger partial charge in [-0.25, -0.2) is 0 Å². The van der Waals surface area contributed by atoms with Gasteiger partial charge in [-0.3, -0.25) is 14.4 Å². The van der Waals surface area contributed by atoms with Crippen LogP contribution in [0.25, 0.3) is 0 Å². The lowest BCUT2D eigenvalue weighted by Crippen LogP contribution is -2.30. The lowest BCUT2D eigenvalue weighted by molar-refractivity contribution is -0.167. The highest BCUT2D eigenvalue weighted by molar-refractivity contribution is 5.71. The zero-order valence-electron chi connectivity index (χ0n) is 54.2. The maximum absolute atomic E-state index is 12.9. The topological polar surface area (TPSA) is 78.9 Å². The summed E-state index contributed by atoms with van der Waals surface area (Å²) in [5.41, 5.74) is 0. The second-order valence-corrected chi connectivity index (χ2v) is 23.4. The number of allylic oxidation sites excluding steroid dienone is 16. The Balaban J connectivity index is 4.22. The predicted octanol–water partition coefficient (Wildman–Crippen LogP) is 24.4. The summed E-state index contributed by atoms with van der Waals surface area (Å²) in [5, 5.41) is 0. The van der Waals surface area contributed by atoms with Crippen molar-refractivity contribution in [2.75, 3.05) is 13.2 Å². The monoisotopic (exact) mass is 1140 g/mol. The number of carbonyl (C=O) groups excluding carboxylic acids is 3. The van der Waals surface area contributed by atoms with Crippen molar-refractivity contribution in [3.63, 3.8) is 0 Å². The Morgan fingerprint density at radius 2 is 0.476 bits per heavy atom. The molecule has 0 aromatic rings. The summed E-state index contributed by atoms with van der Waals surface area (Å²) < 4.78 is 17.0. The van der Waals surface area contributed by atoms with E-state index in [1.54, 1.807) is 0 Å². The van der Waals surface area contributed by atoms with E-state index in [4.69, 9.17) is 14.2 Å². The number of hydrogen-bond donors (Lipinski definition) is 0. The third-order valence-corrected chi connectivity index (χ3v) is 15.3. The fraction of sp³-hybridized carbons (Fsp3) is 0.750. The fourth-order valence-electron chi connectivity index (χ4n) is 10.1. The molecule has 0 N–H and O–H groups in total. The normalized spacial score (nSPS) is 12.7. The van der Waals surface area contributed by atoms with Crippen LogP contribution in [0.1, 0.15) is 348 Å². The number of hydrogen-bond acceptors (Lipinski definition) is 6. The summed E-state index contributed by atoms with van der Waals surface area (Å²) >= 11 is 0. The Labute approximate surface area is 508 Å². The van der Waals surface area contributed by atoms with Crippen LogP contribution in [0.5, 0.6) is 0 Å². The zero-order valence-corrected chi connectivity index (χ0v) is 54.2. The van der Waals surface area contributed by atoms with E-state index in [1.165, 1.54) is 205 Å². The van der Waals surface area contributed by atoms with E-state index >= 15 is 0 Å². The molecule has 0 aromatic heterocycles. The molecular formula is C76H132O6. The van der Waals surface area contributed by atoms with Gasteiger partial charge in [-0.15, -0.1) is 0 Å². The summed E-state index contributed by atoms with van der Waals surface area (Å²) in [6.45, 7) is 6.56. The molecule has 6 heteroatoms. The maximum Gasteiger partial charge on any atom is 0.306 e. The maximum atomic E-state index is 12.9. The van der Waals surface area contributed by atoms with Crippen LogP contribution in [0, 0.1) is 0 Å². The summed E-state index contributed by atoms with van der Waals surface area (Å²) in [4.78, 5) is 38.4. The average Bonchev–Trinajstić information content (AvgIpc) is 3.47. The molecule has 0 aliphatic rings. The molecule has 0 aliphatic carbocycles. The average molecular weight is 1140 g/mol. The van der Waals surface area contributed by atoms with Crippen LogP contribution in [0.3, 0.4) is 0 Å². The van der Waals surface area contributed by atoms with Gasteiger partial charge in [0.05, 0.1) is 0 Å². The molecule has 0 aliphatic heterocycles. The molecule has 0 aromatic carbocycles. The van der Waals surface area contributed by atoms with Crippen molar-refractivity contribution in [2.45, 2.75) is 354 Å². The van der Waals surface area contributed by atoms with E-state index < -0.39 is 6.10 Å². The molecule has 0 saturated heterocycles. The van der Waals surface area contributed by atoms with Gasteiger partial charge in [0.2, 0.25) is 0 Å². The van der Waals surface area contributed by atoms with Crippen molar-refractivity contribution in [1.82, 2.24) is 0 Å². The molecule has 1 atom stereocenters. The quantitative estimate of drug-likeness (QED) is 0.0261. The largest absolute Gasteiger partial charge is 0.462 e. The summed E-state index contributed by atoms with van der Waals surface area (Å²) in [7, 11) is 0. The minimum absolute atomic E-state index is 0.0742. The zero-order chi connectivity index (χ0) is 59.2. The second-order valence-electron chi connectivity index (χ2n) is 23.4. The van der Waals surface area contributed by atoms with Crippen LogP contribution >= 0.6 is 0 Å². The molecule has 0 bridgehead atoms. The number of unbranched alkanes of at least 4 members (excludes halogenated alkanes) is 37. The summed E-state index contributed by atoms with van der Waals surface area (Å²) in [5.74, 6) is -0.863. The van der Waals surface area contributed by atoms with Gasteiger partial charge < -0.3 is 14.2 Å². The van der Waals surface area contributed by atoms with Crippen molar-refractivity contribution < 1.29 is 28.6 Å². The van der Waals surface area contributed by atoms with Gasteiger partial charge in [-0.1, -0.05) is 323 Å². The molecule has 0 spiro atoms. The van der Waals surface area contributed by atoms with Gasteiger partial charge >= 0.3 is 17.9 Å². The predicted molar refractivity (Wildman–Crippen MR) is 357 cm³/mol. The van der Waals surface area contributed by atoms with E-state index in [-0.39, 0.29) is 31.1 Å². The molecule has 0 fully saturated rings. The molecule has 0 heterocycles. The Morgan fingerprint density at radius 1 is 0.256 bits per heavy atom. The van der Waals surface area contributed by atoms with Crippen molar-refractivity contribution in [3.05, 3.63) is 97.2 Å². The van der Waals surface area contributed by atoms with E-state index in [2.05, 4.69) is 118 Å². The number of esters is 3. The first-order valence-electron chi connectivity index (χ1n) is 35.2. The highest BCUT2D eigenvalue weighted by Crippen LogP contribution is 2.17. The Hall–Kier alpha value is -3.67. The van der Waals surface area contributed by atoms with Crippen molar-refractivity contribution >= 4 is 17.9 Å². The Kier molecular flexibility index (Phi) is 66.7. The lowest BCUT2D eigenvalue weighted by Gasteiger charge is -2.18. The first-order chi connectivity index (χ1) is 40.5. The van der Waals surface area contributed by atoms with Crippen molar-refractivity contribution in [1.29, 1.82) is 0 Å². The van der Waals surface area contributed by atoms with Crippen molar-refractivity contribution in [3.8, 4) is 0 Å². The standard InChI is InChI=1S/C76H132O6/c1-4-7-10-13-16-19-22-25-27-29-31-32-33-34-35-36-37-38-39-40-41-42-43-44-46-47-49-51-54-57-60-63-66-69-75(78)81-72-73(71-80-74(77)68-65-62-59-56-53-24-21-18-15-12-9-6-3)82-76(79)70-67-64-61-58-55-52-50-48-45-30-28-26-23-20-17-14-11-8-5-2/h7,10,16,19,25-28,31-32,34-35,37-38,40-41,73H,4-6,8-9,11-15,17-18,20-24,29-30,33,36,39,42-72H2,1-3H3/b10-7-,19-16-,27-25-,28-26-,32-31-,35-34-,38-37-,41-40-. The molecule has 6 nitrogen and oxygen atoms in total. The van der Waals surface area contributed by atoms with Crippen LogP contribution in [0.15, 0.2) is 97.2 Å². The van der Waals surface area contributed by atoms with E-state index in [0.29, 0.717) is 19.3 Å². The third-order valence-electron chi connectivity index (χ3n) is 15.3. The summed E-state index contributed by atoms with van der Waals surface area (Å²) in [6, 6.07) is 0. The molecule has 82 heavy (non-hydrogen) atoms. The van der Waals surface area contributed by atoms with E-state index in [9.17, 15) is 14.4 Å². The Morgan fingerprint density at radius 3 is 0.756 bits per heavy atom. The Bertz CT molecular complexity index is 1590. The second kappa shape index (κ2) is 69.8. The van der Waals surface area contributed by atoms with Gasteiger partial charge in [0.15, 0.2) is 6.10 Å². The molecule has 1 unspecified atom stereocenters. The van der Waals surface area contributed by atoms with Crippen LogP contribution in [-0.4, -0.2) is 37.2 Å². The fourth-order valence-corrected chi connectivity index (χ4v) is 10.1. The van der Waals surface area contributed by atoms with Gasteiger partial charge in [-0.2, -0.15) is 0 Å². The minimum Gasteiger partial charge on any atom is -0.462 e. The van der Waals surface area contributed by atoms with Crippen LogP contribution in [0.4, 0.5) is 0 Å². The van der Waals surface area contributed by atoms with Crippen LogP contribution in [-0.2, 0) is 28.6 Å². The van der Waals surface area contributed by atoms with E-state index in [1.807, 2.05) is 0 Å². The molecular weight excluding hydrogens is 1010 g/mol. The van der Waals surface area contributed by atoms with Crippen molar-refractivity contribution in [2.24, 2.45) is 0 Å². The number of carbonyl (C=O) groups is 3. The third kappa shape index (κ3) is 67.1. The highest BCUT2D eigenvalue weighted by Gasteiger charge is 2.19. The first-order valence-corrected chi connectivity index (χ1v) is 35.2. The molecule has 472 valence electrons. The van der Waals surface area contributed by atoms with Gasteiger partial charge in [0.25, 0.3) is 0 Å². The minimum atomic E-state index is -0.778. The van der Waals surface area contributed by atoms with Gasteiger partial charge in [-0.05, 0) is 103 Å². The lowest BCUT2D eigenvalue weighted by atomic mass is 10.0. The van der Waals surface area contributed by atoms with Gasteiger partial charge in [0, 0.05) is 19.3 Å². The van der Waals surface area contributed by atoms with Crippen LogP contribution in [0.2, 0.25) is 0 Å². The summed E-state index contributed by atoms with van der Waals surface area (Å²) in [6.07, 6.45) is 94.3. The molecule has 0 radical (unpaired) electrons. The first kappa shape index (κ1) is 78.3. The number of rotatable bonds is 64. The molecule has 0 amide bonds. The van der Waals surface area contributed by atoms with Crippen LogP contribution < -0.4 is 0 Å². The molecule has 0 saturated carbocycles. The smallest absolute Gasteiger partial charge is 0.306 e. The highest BCUT2D eigenvalue weighted by atomic mass is 16.6.